The van der Waals surface area contributed by atoms with Crippen molar-refractivity contribution >= 4 is 34.5 Å². The largest absolute Gasteiger partial charge is 0.314 e. The fourth-order valence-electron chi connectivity index (χ4n) is 1.80. The summed E-state index contributed by atoms with van der Waals surface area (Å²) in [6, 6.07) is 0.563. The Balaban J connectivity index is 2.04. The van der Waals surface area contributed by atoms with Crippen LogP contribution >= 0.6 is 34.5 Å². The van der Waals surface area contributed by atoms with E-state index in [0.717, 1.165) is 36.8 Å². The number of halogens is 2. The molecule has 2 rings (SSSR count). The van der Waals surface area contributed by atoms with Gasteiger partial charge < -0.3 is 5.32 Å². The monoisotopic (exact) mass is 264 g/mol. The minimum absolute atomic E-state index is 0.563. The number of rotatable bonds is 2. The van der Waals surface area contributed by atoms with Gasteiger partial charge in [-0.05, 0) is 17.9 Å². The van der Waals surface area contributed by atoms with Crippen LogP contribution in [0, 0.1) is 0 Å². The summed E-state index contributed by atoms with van der Waals surface area (Å²) in [6.45, 7) is 6.32. The van der Waals surface area contributed by atoms with Crippen molar-refractivity contribution in [3.63, 3.8) is 0 Å². The van der Waals surface area contributed by atoms with Gasteiger partial charge in [0.25, 0.3) is 0 Å². The second-order valence-corrected chi connectivity index (χ2v) is 5.73. The first-order valence-corrected chi connectivity index (χ1v) is 6.68. The molecule has 0 radical (unpaired) electrons. The molecule has 2 heterocycles. The summed E-state index contributed by atoms with van der Waals surface area (Å²) >= 11 is 13.6. The van der Waals surface area contributed by atoms with Crippen molar-refractivity contribution in [3.8, 4) is 0 Å². The third kappa shape index (κ3) is 2.66. The zero-order valence-corrected chi connectivity index (χ0v) is 10.9. The van der Waals surface area contributed by atoms with Gasteiger partial charge in [-0.2, -0.15) is 0 Å². The minimum atomic E-state index is 0.563. The van der Waals surface area contributed by atoms with Crippen LogP contribution in [0.5, 0.6) is 0 Å². The van der Waals surface area contributed by atoms with E-state index in [0.29, 0.717) is 10.4 Å². The molecule has 0 aromatic carbocycles. The van der Waals surface area contributed by atoms with E-state index in [1.807, 2.05) is 0 Å². The van der Waals surface area contributed by atoms with Gasteiger partial charge in [0, 0.05) is 32.2 Å². The molecule has 0 aliphatic carbocycles. The zero-order valence-electron chi connectivity index (χ0n) is 8.59. The SMILES string of the molecule is C[C@H]1CNCCN1Cc1csc(Cl)c1Cl. The molecule has 0 unspecified atom stereocenters. The summed E-state index contributed by atoms with van der Waals surface area (Å²) in [6.07, 6.45) is 0. The van der Waals surface area contributed by atoms with Crippen LogP contribution in [0.2, 0.25) is 9.36 Å². The van der Waals surface area contributed by atoms with Gasteiger partial charge in [-0.1, -0.05) is 23.2 Å². The first-order chi connectivity index (χ1) is 7.18. The maximum absolute atomic E-state index is 6.11. The van der Waals surface area contributed by atoms with Gasteiger partial charge in [-0.25, -0.2) is 0 Å². The van der Waals surface area contributed by atoms with E-state index in [-0.39, 0.29) is 0 Å². The van der Waals surface area contributed by atoms with Gasteiger partial charge in [-0.15, -0.1) is 11.3 Å². The molecule has 84 valence electrons. The number of hydrogen-bond donors (Lipinski definition) is 1. The Labute approximate surface area is 104 Å². The molecule has 1 saturated heterocycles. The lowest BCUT2D eigenvalue weighted by Gasteiger charge is -2.33. The number of piperazine rings is 1. The van der Waals surface area contributed by atoms with Crippen LogP contribution in [-0.2, 0) is 6.54 Å². The van der Waals surface area contributed by atoms with Gasteiger partial charge in [-0.3, -0.25) is 4.90 Å². The third-order valence-corrected chi connectivity index (χ3v) is 4.68. The van der Waals surface area contributed by atoms with Crippen LogP contribution in [0.3, 0.4) is 0 Å². The zero-order chi connectivity index (χ0) is 10.8. The molecule has 1 N–H and O–H groups in total. The van der Waals surface area contributed by atoms with E-state index < -0.39 is 0 Å². The van der Waals surface area contributed by atoms with Gasteiger partial charge in [0.1, 0.15) is 4.34 Å². The average molecular weight is 265 g/mol. The van der Waals surface area contributed by atoms with Crippen molar-refractivity contribution in [1.82, 2.24) is 10.2 Å². The lowest BCUT2D eigenvalue weighted by atomic mass is 10.2. The predicted octanol–water partition coefficient (Wildman–Crippen LogP) is 2.85. The Bertz CT molecular complexity index is 340. The number of nitrogens with one attached hydrogen (secondary N) is 1. The summed E-state index contributed by atoms with van der Waals surface area (Å²) < 4.78 is 0.703. The Morgan fingerprint density at radius 1 is 1.60 bits per heavy atom. The maximum atomic E-state index is 6.11. The van der Waals surface area contributed by atoms with Crippen LogP contribution in [0.4, 0.5) is 0 Å². The molecule has 0 spiro atoms. The van der Waals surface area contributed by atoms with Crippen LogP contribution in [0.15, 0.2) is 5.38 Å². The fraction of sp³-hybridized carbons (Fsp3) is 0.600. The van der Waals surface area contributed by atoms with Crippen LogP contribution in [-0.4, -0.2) is 30.6 Å². The van der Waals surface area contributed by atoms with Gasteiger partial charge >= 0.3 is 0 Å². The lowest BCUT2D eigenvalue weighted by molar-refractivity contribution is 0.166. The van der Waals surface area contributed by atoms with E-state index in [4.69, 9.17) is 23.2 Å². The molecule has 1 fully saturated rings. The highest BCUT2D eigenvalue weighted by Crippen LogP contribution is 2.33. The predicted molar refractivity (Wildman–Crippen MR) is 67.1 cm³/mol. The van der Waals surface area contributed by atoms with Crippen molar-refractivity contribution in [2.75, 3.05) is 19.6 Å². The van der Waals surface area contributed by atoms with E-state index >= 15 is 0 Å². The first-order valence-electron chi connectivity index (χ1n) is 5.04. The molecule has 1 atom stereocenters. The molecule has 0 saturated carbocycles. The van der Waals surface area contributed by atoms with Crippen molar-refractivity contribution in [3.05, 3.63) is 20.3 Å². The smallest absolute Gasteiger partial charge is 0.112 e. The van der Waals surface area contributed by atoms with Crippen molar-refractivity contribution < 1.29 is 0 Å². The highest BCUT2D eigenvalue weighted by atomic mass is 35.5. The summed E-state index contributed by atoms with van der Waals surface area (Å²) in [5.41, 5.74) is 1.15. The number of nitrogens with zero attached hydrogens (tertiary/aromatic N) is 1. The van der Waals surface area contributed by atoms with E-state index in [1.54, 1.807) is 0 Å². The Morgan fingerprint density at radius 2 is 2.40 bits per heavy atom. The standard InChI is InChI=1S/C10H14Cl2N2S/c1-7-4-13-2-3-14(7)5-8-6-15-10(12)9(8)11/h6-7,13H,2-5H2,1H3/t7-/m0/s1. The van der Waals surface area contributed by atoms with Gasteiger partial charge in [0.15, 0.2) is 0 Å². The van der Waals surface area contributed by atoms with Gasteiger partial charge in [0.05, 0.1) is 5.02 Å². The molecule has 0 bridgehead atoms. The lowest BCUT2D eigenvalue weighted by Crippen LogP contribution is -2.49. The summed E-state index contributed by atoms with van der Waals surface area (Å²) in [5, 5.41) is 6.16. The van der Waals surface area contributed by atoms with E-state index in [1.165, 1.54) is 11.3 Å². The minimum Gasteiger partial charge on any atom is -0.314 e. The van der Waals surface area contributed by atoms with Crippen LogP contribution < -0.4 is 5.32 Å². The van der Waals surface area contributed by atoms with E-state index in [2.05, 4.69) is 22.5 Å². The molecule has 1 aliphatic rings. The van der Waals surface area contributed by atoms with Crippen LogP contribution in [0.25, 0.3) is 0 Å². The first kappa shape index (κ1) is 11.7. The molecule has 1 aromatic rings. The van der Waals surface area contributed by atoms with Gasteiger partial charge in [0.2, 0.25) is 0 Å². The molecular formula is C10H14Cl2N2S. The summed E-state index contributed by atoms with van der Waals surface area (Å²) in [7, 11) is 0. The second kappa shape index (κ2) is 5.02. The van der Waals surface area contributed by atoms with Crippen molar-refractivity contribution in [1.29, 1.82) is 0 Å². The Morgan fingerprint density at radius 3 is 3.00 bits per heavy atom. The Hall–Kier alpha value is 0.200. The topological polar surface area (TPSA) is 15.3 Å². The highest BCUT2D eigenvalue weighted by Gasteiger charge is 2.19. The molecule has 15 heavy (non-hydrogen) atoms. The van der Waals surface area contributed by atoms with E-state index in [9.17, 15) is 0 Å². The number of hydrogen-bond acceptors (Lipinski definition) is 3. The van der Waals surface area contributed by atoms with Crippen molar-refractivity contribution in [2.45, 2.75) is 19.5 Å². The van der Waals surface area contributed by atoms with Crippen molar-refractivity contribution in [2.24, 2.45) is 0 Å². The molecule has 1 aliphatic heterocycles. The second-order valence-electron chi connectivity index (χ2n) is 3.87. The maximum Gasteiger partial charge on any atom is 0.112 e. The van der Waals surface area contributed by atoms with Crippen LogP contribution in [0.1, 0.15) is 12.5 Å². The summed E-state index contributed by atoms with van der Waals surface area (Å²) in [5.74, 6) is 0. The molecule has 2 nitrogen and oxygen atoms in total. The third-order valence-electron chi connectivity index (χ3n) is 2.77. The molecule has 0 amide bonds. The number of thiophene rings is 1. The normalized spacial score (nSPS) is 23.3. The molecule has 1 aromatic heterocycles. The quantitative estimate of drug-likeness (QED) is 0.884. The summed E-state index contributed by atoms with van der Waals surface area (Å²) in [4.78, 5) is 2.43. The fourth-order valence-corrected chi connectivity index (χ4v) is 3.04. The molecular weight excluding hydrogens is 251 g/mol. The highest BCUT2D eigenvalue weighted by molar-refractivity contribution is 7.15. The molecule has 5 heteroatoms. The Kier molecular flexibility index (Phi) is 3.91. The average Bonchev–Trinajstić information content (AvgIpc) is 2.53.